The van der Waals surface area contributed by atoms with Crippen molar-refractivity contribution in [2.45, 2.75) is 59.0 Å². The molecule has 19 heavy (non-hydrogen) atoms. The van der Waals surface area contributed by atoms with Gasteiger partial charge in [-0.2, -0.15) is 5.10 Å². The summed E-state index contributed by atoms with van der Waals surface area (Å²) in [5.74, 6) is 0.913. The van der Waals surface area contributed by atoms with Crippen molar-refractivity contribution in [2.24, 2.45) is 5.92 Å². The van der Waals surface area contributed by atoms with E-state index in [9.17, 15) is 0 Å². The average molecular weight is 278 g/mol. The number of aryl methyl sites for hydroxylation is 2. The minimum atomic E-state index is 0.509. The molecule has 1 unspecified atom stereocenters. The molecule has 3 rings (SSSR count). The molecular formula is C14H22N4S. The maximum Gasteiger partial charge on any atom is 0.179 e. The zero-order valence-corrected chi connectivity index (χ0v) is 12.8. The highest BCUT2D eigenvalue weighted by Gasteiger charge is 2.27. The van der Waals surface area contributed by atoms with Crippen LogP contribution < -0.4 is 0 Å². The first-order chi connectivity index (χ1) is 9.15. The molecule has 2 aromatic rings. The minimum absolute atomic E-state index is 0.509. The summed E-state index contributed by atoms with van der Waals surface area (Å²) in [6.07, 6.45) is 5.17. The molecule has 1 N–H and O–H groups in total. The van der Waals surface area contributed by atoms with Crippen molar-refractivity contribution >= 4 is 23.4 Å². The quantitative estimate of drug-likeness (QED) is 0.840. The van der Waals surface area contributed by atoms with Gasteiger partial charge in [0, 0.05) is 12.6 Å². The van der Waals surface area contributed by atoms with Crippen LogP contribution in [-0.4, -0.2) is 19.3 Å². The van der Waals surface area contributed by atoms with E-state index in [0.717, 1.165) is 34.9 Å². The Morgan fingerprint density at radius 3 is 2.74 bits per heavy atom. The lowest BCUT2D eigenvalue weighted by molar-refractivity contribution is 0.426. The van der Waals surface area contributed by atoms with Gasteiger partial charge in [0.25, 0.3) is 0 Å². The summed E-state index contributed by atoms with van der Waals surface area (Å²) in [7, 11) is 0. The molecule has 1 aliphatic rings. The van der Waals surface area contributed by atoms with Gasteiger partial charge in [0.2, 0.25) is 0 Å². The molecule has 2 aromatic heterocycles. The Morgan fingerprint density at radius 2 is 2.16 bits per heavy atom. The van der Waals surface area contributed by atoms with Crippen LogP contribution in [0.1, 0.15) is 51.3 Å². The van der Waals surface area contributed by atoms with Gasteiger partial charge in [-0.15, -0.1) is 0 Å². The predicted octanol–water partition coefficient (Wildman–Crippen LogP) is 3.97. The van der Waals surface area contributed by atoms with Crippen molar-refractivity contribution in [3.05, 3.63) is 10.5 Å². The molecular weight excluding hydrogens is 256 g/mol. The Labute approximate surface area is 118 Å². The van der Waals surface area contributed by atoms with Crippen LogP contribution in [0.15, 0.2) is 0 Å². The summed E-state index contributed by atoms with van der Waals surface area (Å²) in [5.41, 5.74) is 3.33. The Kier molecular flexibility index (Phi) is 3.25. The SMILES string of the molecule is CCC(CC1CC1)n1c(=S)[nH]c2c(C)nn(CC)c21. The summed E-state index contributed by atoms with van der Waals surface area (Å²) >= 11 is 5.56. The van der Waals surface area contributed by atoms with Crippen LogP contribution in [0.2, 0.25) is 0 Å². The third-order valence-electron chi connectivity index (χ3n) is 4.22. The molecule has 5 heteroatoms. The van der Waals surface area contributed by atoms with Gasteiger partial charge in [-0.1, -0.05) is 19.8 Å². The smallest absolute Gasteiger partial charge is 0.179 e. The fourth-order valence-electron chi connectivity index (χ4n) is 2.98. The first-order valence-electron chi connectivity index (χ1n) is 7.33. The lowest BCUT2D eigenvalue weighted by Crippen LogP contribution is -2.12. The number of aromatic nitrogens is 4. The lowest BCUT2D eigenvalue weighted by atomic mass is 10.1. The fourth-order valence-corrected chi connectivity index (χ4v) is 3.31. The van der Waals surface area contributed by atoms with E-state index in [2.05, 4.69) is 33.2 Å². The molecule has 1 fully saturated rings. The highest BCUT2D eigenvalue weighted by molar-refractivity contribution is 7.71. The van der Waals surface area contributed by atoms with Gasteiger partial charge < -0.3 is 4.98 Å². The summed E-state index contributed by atoms with van der Waals surface area (Å²) < 4.78 is 5.24. The molecule has 0 aromatic carbocycles. The van der Waals surface area contributed by atoms with Crippen LogP contribution in [-0.2, 0) is 6.54 Å². The Bertz CT molecular complexity index is 644. The number of aromatic amines is 1. The zero-order valence-electron chi connectivity index (χ0n) is 11.9. The second-order valence-electron chi connectivity index (χ2n) is 5.64. The van der Waals surface area contributed by atoms with Gasteiger partial charge in [0.15, 0.2) is 10.4 Å². The van der Waals surface area contributed by atoms with E-state index in [-0.39, 0.29) is 0 Å². The highest BCUT2D eigenvalue weighted by atomic mass is 32.1. The lowest BCUT2D eigenvalue weighted by Gasteiger charge is -2.17. The van der Waals surface area contributed by atoms with Crippen molar-refractivity contribution in [1.29, 1.82) is 0 Å². The number of nitrogens with zero attached hydrogens (tertiary/aromatic N) is 3. The van der Waals surface area contributed by atoms with Crippen LogP contribution >= 0.6 is 12.2 Å². The molecule has 1 aliphatic carbocycles. The second kappa shape index (κ2) is 4.78. The van der Waals surface area contributed by atoms with Gasteiger partial charge >= 0.3 is 0 Å². The summed E-state index contributed by atoms with van der Waals surface area (Å²) in [6.45, 7) is 7.32. The molecule has 1 saturated carbocycles. The van der Waals surface area contributed by atoms with Crippen LogP contribution in [0.25, 0.3) is 11.2 Å². The molecule has 1 atom stereocenters. The molecule has 0 aliphatic heterocycles. The molecule has 0 radical (unpaired) electrons. The number of fused-ring (bicyclic) bond motifs is 1. The van der Waals surface area contributed by atoms with E-state index >= 15 is 0 Å². The summed E-state index contributed by atoms with van der Waals surface area (Å²) in [6, 6.07) is 0.509. The molecule has 4 nitrogen and oxygen atoms in total. The van der Waals surface area contributed by atoms with Crippen molar-refractivity contribution in [3.8, 4) is 0 Å². The number of imidazole rings is 1. The van der Waals surface area contributed by atoms with Crippen molar-refractivity contribution in [3.63, 3.8) is 0 Å². The summed E-state index contributed by atoms with van der Waals surface area (Å²) in [4.78, 5) is 3.35. The van der Waals surface area contributed by atoms with E-state index in [4.69, 9.17) is 12.2 Å². The summed E-state index contributed by atoms with van der Waals surface area (Å²) in [5, 5.41) is 4.60. The molecule has 0 spiro atoms. The highest BCUT2D eigenvalue weighted by Crippen LogP contribution is 2.39. The van der Waals surface area contributed by atoms with Crippen LogP contribution in [0, 0.1) is 17.6 Å². The minimum Gasteiger partial charge on any atom is -0.328 e. The van der Waals surface area contributed by atoms with Gasteiger partial charge in [-0.25, -0.2) is 4.68 Å². The van der Waals surface area contributed by atoms with Gasteiger partial charge in [0.05, 0.1) is 5.69 Å². The molecule has 0 amide bonds. The molecule has 0 bridgehead atoms. The number of H-pyrrole nitrogens is 1. The number of rotatable bonds is 5. The first kappa shape index (κ1) is 12.9. The maximum atomic E-state index is 5.56. The van der Waals surface area contributed by atoms with E-state index in [1.807, 2.05) is 6.92 Å². The monoisotopic (exact) mass is 278 g/mol. The van der Waals surface area contributed by atoms with Crippen molar-refractivity contribution in [1.82, 2.24) is 19.3 Å². The number of hydrogen-bond donors (Lipinski definition) is 1. The fraction of sp³-hybridized carbons (Fsp3) is 0.714. The standard InChI is InChI=1S/C14H22N4S/c1-4-11(8-10-6-7-10)18-13-12(15-14(18)19)9(3)16-17(13)5-2/h10-11H,4-8H2,1-3H3,(H,15,19). The second-order valence-corrected chi connectivity index (χ2v) is 6.03. The zero-order chi connectivity index (χ0) is 13.6. The molecule has 2 heterocycles. The molecule has 0 saturated heterocycles. The maximum absolute atomic E-state index is 5.56. The third-order valence-corrected chi connectivity index (χ3v) is 4.52. The topological polar surface area (TPSA) is 38.5 Å². The van der Waals surface area contributed by atoms with E-state index in [0.29, 0.717) is 6.04 Å². The number of nitrogens with one attached hydrogen (secondary N) is 1. The van der Waals surface area contributed by atoms with Crippen LogP contribution in [0.3, 0.4) is 0 Å². The largest absolute Gasteiger partial charge is 0.328 e. The van der Waals surface area contributed by atoms with Crippen LogP contribution in [0.5, 0.6) is 0 Å². The predicted molar refractivity (Wildman–Crippen MR) is 80.0 cm³/mol. The number of hydrogen-bond acceptors (Lipinski definition) is 2. The Hall–Kier alpha value is -1.10. The first-order valence-corrected chi connectivity index (χ1v) is 7.74. The van der Waals surface area contributed by atoms with Gasteiger partial charge in [-0.3, -0.25) is 4.57 Å². The van der Waals surface area contributed by atoms with Crippen LogP contribution in [0.4, 0.5) is 0 Å². The van der Waals surface area contributed by atoms with E-state index in [1.54, 1.807) is 0 Å². The Balaban J connectivity index is 2.14. The van der Waals surface area contributed by atoms with Crippen molar-refractivity contribution < 1.29 is 0 Å². The normalized spacial score (nSPS) is 17.2. The molecule has 104 valence electrons. The van der Waals surface area contributed by atoms with Gasteiger partial charge in [-0.05, 0) is 44.8 Å². The average Bonchev–Trinajstić information content (AvgIpc) is 3.08. The van der Waals surface area contributed by atoms with E-state index in [1.165, 1.54) is 24.9 Å². The Morgan fingerprint density at radius 1 is 1.42 bits per heavy atom. The van der Waals surface area contributed by atoms with Crippen molar-refractivity contribution in [2.75, 3.05) is 0 Å². The van der Waals surface area contributed by atoms with Gasteiger partial charge in [0.1, 0.15) is 5.52 Å². The van der Waals surface area contributed by atoms with E-state index < -0.39 is 0 Å². The third kappa shape index (κ3) is 2.14.